The van der Waals surface area contributed by atoms with Gasteiger partial charge in [-0.05, 0) is 6.42 Å². The van der Waals surface area contributed by atoms with Gasteiger partial charge in [-0.3, -0.25) is 0 Å². The molecule has 0 fully saturated rings. The zero-order valence-corrected chi connectivity index (χ0v) is 8.70. The first-order chi connectivity index (χ1) is 6.74. The molecule has 0 unspecified atom stereocenters. The van der Waals surface area contributed by atoms with Crippen LogP contribution in [0.2, 0.25) is 0 Å². The van der Waals surface area contributed by atoms with Crippen molar-refractivity contribution in [2.24, 2.45) is 0 Å². The molecule has 0 saturated carbocycles. The first kappa shape index (κ1) is 13.8. The van der Waals surface area contributed by atoms with Gasteiger partial charge in [0, 0.05) is 6.54 Å². The predicted molar refractivity (Wildman–Crippen MR) is 53.1 cm³/mol. The maximum atomic E-state index is 9.08. The highest BCUT2D eigenvalue weighted by Gasteiger charge is 2.24. The second-order valence-electron chi connectivity index (χ2n) is 3.21. The molecule has 0 spiro atoms. The first-order valence-corrected chi connectivity index (χ1v) is 4.90. The van der Waals surface area contributed by atoms with E-state index in [-0.39, 0.29) is 19.8 Å². The molecule has 4 N–H and O–H groups in total. The molecule has 5 nitrogen and oxygen atoms in total. The number of aliphatic hydroxyl groups is 3. The van der Waals surface area contributed by atoms with Gasteiger partial charge in [-0.2, -0.15) is 0 Å². The second-order valence-corrected chi connectivity index (χ2v) is 3.21. The van der Waals surface area contributed by atoms with E-state index in [4.69, 9.17) is 20.1 Å². The zero-order valence-electron chi connectivity index (χ0n) is 8.70. The van der Waals surface area contributed by atoms with Gasteiger partial charge in [-0.15, -0.1) is 0 Å². The molecule has 0 radical (unpaired) electrons. The lowest BCUT2D eigenvalue weighted by Gasteiger charge is -2.29. The molecule has 0 rings (SSSR count). The summed E-state index contributed by atoms with van der Waals surface area (Å²) in [6, 6.07) is 0. The number of aliphatic hydroxyl groups excluding tert-OH is 3. The van der Waals surface area contributed by atoms with E-state index in [0.29, 0.717) is 26.2 Å². The van der Waals surface area contributed by atoms with Gasteiger partial charge in [0.1, 0.15) is 0 Å². The monoisotopic (exact) mass is 207 g/mol. The van der Waals surface area contributed by atoms with Crippen LogP contribution in [0.3, 0.4) is 0 Å². The molecule has 0 aliphatic rings. The van der Waals surface area contributed by atoms with Crippen LogP contribution >= 0.6 is 0 Å². The van der Waals surface area contributed by atoms with Crippen LogP contribution in [-0.2, 0) is 4.74 Å². The smallest absolute Gasteiger partial charge is 0.0698 e. The molecule has 0 aliphatic heterocycles. The van der Waals surface area contributed by atoms with Gasteiger partial charge in [0.2, 0.25) is 0 Å². The Morgan fingerprint density at radius 3 is 2.21 bits per heavy atom. The number of nitrogens with one attached hydrogen (secondary N) is 1. The van der Waals surface area contributed by atoms with E-state index in [2.05, 4.69) is 5.32 Å². The van der Waals surface area contributed by atoms with Crippen molar-refractivity contribution in [3.8, 4) is 0 Å². The van der Waals surface area contributed by atoms with Crippen LogP contribution in [0.5, 0.6) is 0 Å². The molecular weight excluding hydrogens is 186 g/mol. The maximum absolute atomic E-state index is 9.08. The highest BCUT2D eigenvalue weighted by Crippen LogP contribution is 2.07. The van der Waals surface area contributed by atoms with Crippen molar-refractivity contribution in [3.63, 3.8) is 0 Å². The highest BCUT2D eigenvalue weighted by atomic mass is 16.5. The number of ether oxygens (including phenoxy) is 1. The van der Waals surface area contributed by atoms with E-state index >= 15 is 0 Å². The van der Waals surface area contributed by atoms with Gasteiger partial charge in [0.25, 0.3) is 0 Å². The lowest BCUT2D eigenvalue weighted by molar-refractivity contribution is 0.0624. The summed E-state index contributed by atoms with van der Waals surface area (Å²) in [5.41, 5.74) is -0.609. The molecule has 86 valence electrons. The SMILES string of the molecule is CCC(CO)(CO)NCCOCCO. The van der Waals surface area contributed by atoms with Crippen molar-refractivity contribution < 1.29 is 20.1 Å². The summed E-state index contributed by atoms with van der Waals surface area (Å²) in [6.07, 6.45) is 0.653. The molecule has 0 atom stereocenters. The molecular formula is C9H21NO4. The van der Waals surface area contributed by atoms with Crippen molar-refractivity contribution in [2.75, 3.05) is 39.6 Å². The number of hydrogen-bond acceptors (Lipinski definition) is 5. The Hall–Kier alpha value is -0.200. The van der Waals surface area contributed by atoms with Crippen molar-refractivity contribution in [1.82, 2.24) is 5.32 Å². The van der Waals surface area contributed by atoms with Gasteiger partial charge in [0.15, 0.2) is 0 Å². The number of hydrogen-bond donors (Lipinski definition) is 4. The van der Waals surface area contributed by atoms with E-state index in [0.717, 1.165) is 0 Å². The van der Waals surface area contributed by atoms with Crippen molar-refractivity contribution >= 4 is 0 Å². The van der Waals surface area contributed by atoms with Gasteiger partial charge in [-0.1, -0.05) is 6.92 Å². The van der Waals surface area contributed by atoms with Gasteiger partial charge >= 0.3 is 0 Å². The maximum Gasteiger partial charge on any atom is 0.0698 e. The Morgan fingerprint density at radius 2 is 1.79 bits per heavy atom. The van der Waals surface area contributed by atoms with E-state index < -0.39 is 5.54 Å². The lowest BCUT2D eigenvalue weighted by Crippen LogP contribution is -2.52. The zero-order chi connectivity index (χ0) is 10.9. The third-order valence-corrected chi connectivity index (χ3v) is 2.26. The predicted octanol–water partition coefficient (Wildman–Crippen LogP) is -1.28. The molecule has 0 saturated heterocycles. The van der Waals surface area contributed by atoms with Gasteiger partial charge in [0.05, 0.1) is 38.6 Å². The summed E-state index contributed by atoms with van der Waals surface area (Å²) >= 11 is 0. The summed E-state index contributed by atoms with van der Waals surface area (Å²) in [6.45, 7) is 3.04. The molecule has 0 aliphatic carbocycles. The molecule has 0 aromatic heterocycles. The Balaban J connectivity index is 3.61. The molecule has 0 aromatic rings. The summed E-state index contributed by atoms with van der Waals surface area (Å²) in [4.78, 5) is 0. The quantitative estimate of drug-likeness (QED) is 0.354. The van der Waals surface area contributed by atoms with Crippen molar-refractivity contribution in [2.45, 2.75) is 18.9 Å². The summed E-state index contributed by atoms with van der Waals surface area (Å²) in [7, 11) is 0. The Bertz CT molecular complexity index is 120. The molecule has 0 aromatic carbocycles. The van der Waals surface area contributed by atoms with E-state index in [1.165, 1.54) is 0 Å². The summed E-state index contributed by atoms with van der Waals surface area (Å²) in [5, 5.41) is 29.6. The summed E-state index contributed by atoms with van der Waals surface area (Å²) < 4.78 is 5.04. The van der Waals surface area contributed by atoms with Gasteiger partial charge in [-0.25, -0.2) is 0 Å². The standard InChI is InChI=1S/C9H21NO4/c1-2-9(7-12,8-13)10-3-5-14-6-4-11/h10-13H,2-8H2,1H3. The molecule has 0 bridgehead atoms. The van der Waals surface area contributed by atoms with Crippen LogP contribution in [0.1, 0.15) is 13.3 Å². The Labute approximate surface area is 84.7 Å². The lowest BCUT2D eigenvalue weighted by atomic mass is 9.99. The van der Waals surface area contributed by atoms with Crippen LogP contribution < -0.4 is 5.32 Å². The van der Waals surface area contributed by atoms with Crippen LogP contribution in [0.15, 0.2) is 0 Å². The van der Waals surface area contributed by atoms with E-state index in [1.54, 1.807) is 0 Å². The van der Waals surface area contributed by atoms with Crippen LogP contribution in [-0.4, -0.2) is 60.4 Å². The molecule has 0 heterocycles. The third kappa shape index (κ3) is 4.88. The number of rotatable bonds is 9. The van der Waals surface area contributed by atoms with Crippen LogP contribution in [0, 0.1) is 0 Å². The molecule has 14 heavy (non-hydrogen) atoms. The minimum atomic E-state index is -0.609. The topological polar surface area (TPSA) is 82.0 Å². The average Bonchev–Trinajstić information content (AvgIpc) is 2.24. The van der Waals surface area contributed by atoms with Crippen LogP contribution in [0.4, 0.5) is 0 Å². The van der Waals surface area contributed by atoms with Crippen molar-refractivity contribution in [3.05, 3.63) is 0 Å². The van der Waals surface area contributed by atoms with Gasteiger partial charge < -0.3 is 25.4 Å². The fourth-order valence-electron chi connectivity index (χ4n) is 1.07. The van der Waals surface area contributed by atoms with E-state index in [9.17, 15) is 0 Å². The minimum absolute atomic E-state index is 0.0128. The average molecular weight is 207 g/mol. The first-order valence-electron chi connectivity index (χ1n) is 4.90. The van der Waals surface area contributed by atoms with Crippen LogP contribution in [0.25, 0.3) is 0 Å². The summed E-state index contributed by atoms with van der Waals surface area (Å²) in [5.74, 6) is 0. The third-order valence-electron chi connectivity index (χ3n) is 2.26. The largest absolute Gasteiger partial charge is 0.394 e. The molecule has 5 heteroatoms. The fourth-order valence-corrected chi connectivity index (χ4v) is 1.07. The minimum Gasteiger partial charge on any atom is -0.394 e. The molecule has 0 amide bonds. The highest BCUT2D eigenvalue weighted by molar-refractivity contribution is 4.84. The van der Waals surface area contributed by atoms with E-state index in [1.807, 2.05) is 6.92 Å². The van der Waals surface area contributed by atoms with Crippen molar-refractivity contribution in [1.29, 1.82) is 0 Å². The Morgan fingerprint density at radius 1 is 1.14 bits per heavy atom. The second kappa shape index (κ2) is 8.14. The Kier molecular flexibility index (Phi) is 8.02. The fraction of sp³-hybridized carbons (Fsp3) is 1.00. The normalized spacial score (nSPS) is 12.0.